The monoisotopic (exact) mass is 378 g/mol. The Labute approximate surface area is 157 Å². The van der Waals surface area contributed by atoms with E-state index >= 15 is 0 Å². The number of unbranched alkanes of at least 4 members (excludes halogenated alkanes) is 1. The third-order valence-corrected chi connectivity index (χ3v) is 5.45. The van der Waals surface area contributed by atoms with Crippen molar-refractivity contribution in [3.05, 3.63) is 40.7 Å². The van der Waals surface area contributed by atoms with Crippen molar-refractivity contribution in [2.45, 2.75) is 32.6 Å². The van der Waals surface area contributed by atoms with Gasteiger partial charge in [-0.1, -0.05) is 37.1 Å². The molecule has 134 valence electrons. The van der Waals surface area contributed by atoms with Crippen LogP contribution < -0.4 is 4.90 Å². The first-order valence-corrected chi connectivity index (χ1v) is 9.90. The van der Waals surface area contributed by atoms with Crippen molar-refractivity contribution in [3.8, 4) is 0 Å². The molecule has 0 aliphatic carbocycles. The highest BCUT2D eigenvalue weighted by atomic mass is 35.5. The number of aromatic nitrogens is 2. The molecular weight excluding hydrogens is 356 g/mol. The van der Waals surface area contributed by atoms with Gasteiger partial charge in [-0.25, -0.2) is 4.98 Å². The molecule has 1 aliphatic heterocycles. The fraction of sp³-hybridized carbons (Fsp3) is 0.500. The highest BCUT2D eigenvalue weighted by molar-refractivity contribution is 7.09. The van der Waals surface area contributed by atoms with Crippen LogP contribution >= 0.6 is 23.1 Å². The maximum atomic E-state index is 12.1. The smallest absolute Gasteiger partial charge is 0.222 e. The minimum Gasteiger partial charge on any atom is -0.343 e. The van der Waals surface area contributed by atoms with E-state index in [1.807, 2.05) is 29.2 Å². The molecular formula is C18H23ClN4OS. The van der Waals surface area contributed by atoms with Crippen LogP contribution in [0.15, 0.2) is 24.3 Å². The van der Waals surface area contributed by atoms with Gasteiger partial charge in [-0.2, -0.15) is 4.37 Å². The van der Waals surface area contributed by atoms with Crippen LogP contribution in [0.1, 0.15) is 37.6 Å². The second-order valence-electron chi connectivity index (χ2n) is 6.27. The van der Waals surface area contributed by atoms with Gasteiger partial charge in [-0.15, -0.1) is 0 Å². The highest BCUT2D eigenvalue weighted by Crippen LogP contribution is 2.21. The molecule has 0 atom stereocenters. The molecule has 0 N–H and O–H groups in total. The maximum absolute atomic E-state index is 12.1. The quantitative estimate of drug-likeness (QED) is 0.770. The summed E-state index contributed by atoms with van der Waals surface area (Å²) < 4.78 is 4.48. The lowest BCUT2D eigenvalue weighted by Gasteiger charge is -2.34. The zero-order valence-electron chi connectivity index (χ0n) is 14.4. The molecule has 1 aromatic carbocycles. The van der Waals surface area contributed by atoms with Gasteiger partial charge in [0.15, 0.2) is 0 Å². The second kappa shape index (κ2) is 8.63. The predicted octanol–water partition coefficient (Wildman–Crippen LogP) is 3.62. The third-order valence-electron chi connectivity index (χ3n) is 4.38. The molecule has 0 unspecified atom stereocenters. The molecule has 0 bridgehead atoms. The lowest BCUT2D eigenvalue weighted by molar-refractivity contribution is -0.131. The molecule has 1 saturated heterocycles. The van der Waals surface area contributed by atoms with E-state index in [1.165, 1.54) is 11.5 Å². The number of benzene rings is 1. The van der Waals surface area contributed by atoms with Crippen molar-refractivity contribution in [3.63, 3.8) is 0 Å². The van der Waals surface area contributed by atoms with Crippen LogP contribution in [0.2, 0.25) is 5.02 Å². The van der Waals surface area contributed by atoms with Crippen molar-refractivity contribution in [2.24, 2.45) is 0 Å². The number of piperazine rings is 1. The number of hydrogen-bond donors (Lipinski definition) is 0. The Hall–Kier alpha value is -1.66. The largest absolute Gasteiger partial charge is 0.343 e. The van der Waals surface area contributed by atoms with Crippen LogP contribution in [0.4, 0.5) is 5.13 Å². The van der Waals surface area contributed by atoms with E-state index in [1.54, 1.807) is 0 Å². The molecule has 0 saturated carbocycles. The van der Waals surface area contributed by atoms with Gasteiger partial charge in [0.1, 0.15) is 5.82 Å². The number of rotatable bonds is 6. The van der Waals surface area contributed by atoms with E-state index in [0.717, 1.165) is 60.6 Å². The van der Waals surface area contributed by atoms with E-state index in [9.17, 15) is 4.79 Å². The van der Waals surface area contributed by atoms with Gasteiger partial charge in [0.25, 0.3) is 0 Å². The summed E-state index contributed by atoms with van der Waals surface area (Å²) in [6.07, 6.45) is 3.42. The van der Waals surface area contributed by atoms with Crippen LogP contribution in [0.3, 0.4) is 0 Å². The molecule has 5 nitrogen and oxygen atoms in total. The Bertz CT molecular complexity index is 695. The minimum atomic E-state index is 0.280. The number of nitrogens with zero attached hydrogens (tertiary/aromatic N) is 4. The first-order chi connectivity index (χ1) is 12.2. The van der Waals surface area contributed by atoms with Gasteiger partial charge in [0, 0.05) is 55.6 Å². The topological polar surface area (TPSA) is 49.3 Å². The highest BCUT2D eigenvalue weighted by Gasteiger charge is 2.22. The van der Waals surface area contributed by atoms with E-state index in [4.69, 9.17) is 11.6 Å². The zero-order valence-corrected chi connectivity index (χ0v) is 16.0. The molecule has 0 radical (unpaired) electrons. The number of amides is 1. The summed E-state index contributed by atoms with van der Waals surface area (Å²) in [6.45, 7) is 5.31. The molecule has 1 aliphatic rings. The zero-order chi connectivity index (χ0) is 17.6. The lowest BCUT2D eigenvalue weighted by atomic mass is 10.1. The SMILES string of the molecule is CCCCC(=O)N1CCN(c2nc(Cc3ccc(Cl)cc3)ns2)CC1. The first kappa shape index (κ1) is 18.1. The Balaban J connectivity index is 1.53. The van der Waals surface area contributed by atoms with Gasteiger partial charge < -0.3 is 9.80 Å². The van der Waals surface area contributed by atoms with Gasteiger partial charge in [0.05, 0.1) is 0 Å². The summed E-state index contributed by atoms with van der Waals surface area (Å²) in [6, 6.07) is 7.78. The van der Waals surface area contributed by atoms with Crippen LogP contribution in [0.5, 0.6) is 0 Å². The Morgan fingerprint density at radius 1 is 1.20 bits per heavy atom. The Kier molecular flexibility index (Phi) is 6.26. The summed E-state index contributed by atoms with van der Waals surface area (Å²) in [5, 5.41) is 1.69. The maximum Gasteiger partial charge on any atom is 0.222 e. The molecule has 1 amide bonds. The normalized spacial score (nSPS) is 14.8. The van der Waals surface area contributed by atoms with E-state index in [-0.39, 0.29) is 5.91 Å². The molecule has 2 heterocycles. The van der Waals surface area contributed by atoms with E-state index in [2.05, 4.69) is 21.2 Å². The number of halogens is 1. The molecule has 1 aromatic heterocycles. The predicted molar refractivity (Wildman–Crippen MR) is 102 cm³/mol. The van der Waals surface area contributed by atoms with Gasteiger partial charge in [-0.3, -0.25) is 4.79 Å². The fourth-order valence-corrected chi connectivity index (χ4v) is 3.73. The van der Waals surface area contributed by atoms with Crippen LogP contribution in [0, 0.1) is 0 Å². The summed E-state index contributed by atoms with van der Waals surface area (Å²) in [5.41, 5.74) is 1.15. The van der Waals surface area contributed by atoms with Crippen LogP contribution in [-0.4, -0.2) is 46.3 Å². The summed E-state index contributed by atoms with van der Waals surface area (Å²) >= 11 is 7.36. The number of carbonyl (C=O) groups excluding carboxylic acids is 1. The Morgan fingerprint density at radius 2 is 1.92 bits per heavy atom. The Morgan fingerprint density at radius 3 is 2.60 bits per heavy atom. The van der Waals surface area contributed by atoms with Crippen molar-refractivity contribution < 1.29 is 4.79 Å². The molecule has 25 heavy (non-hydrogen) atoms. The van der Waals surface area contributed by atoms with Crippen molar-refractivity contribution >= 4 is 34.2 Å². The van der Waals surface area contributed by atoms with Crippen LogP contribution in [0.25, 0.3) is 0 Å². The molecule has 3 rings (SSSR count). The summed E-state index contributed by atoms with van der Waals surface area (Å²) in [7, 11) is 0. The second-order valence-corrected chi connectivity index (χ2v) is 7.43. The standard InChI is InChI=1S/C18H23ClN4OS/c1-2-3-4-17(24)22-9-11-23(12-10-22)18-20-16(21-25-18)13-14-5-7-15(19)8-6-14/h5-8H,2-4,9-13H2,1H3. The average molecular weight is 379 g/mol. The van der Waals surface area contributed by atoms with Crippen molar-refractivity contribution in [1.82, 2.24) is 14.3 Å². The number of hydrogen-bond acceptors (Lipinski definition) is 5. The number of anilines is 1. The molecule has 0 spiro atoms. The minimum absolute atomic E-state index is 0.280. The van der Waals surface area contributed by atoms with Crippen molar-refractivity contribution in [1.29, 1.82) is 0 Å². The fourth-order valence-electron chi connectivity index (χ4n) is 2.86. The molecule has 2 aromatic rings. The van der Waals surface area contributed by atoms with Gasteiger partial charge in [0.2, 0.25) is 11.0 Å². The van der Waals surface area contributed by atoms with Gasteiger partial charge >= 0.3 is 0 Å². The molecule has 1 fully saturated rings. The van der Waals surface area contributed by atoms with Crippen molar-refractivity contribution in [2.75, 3.05) is 31.1 Å². The molecule has 7 heteroatoms. The van der Waals surface area contributed by atoms with E-state index in [0.29, 0.717) is 12.8 Å². The lowest BCUT2D eigenvalue weighted by Crippen LogP contribution is -2.48. The average Bonchev–Trinajstić information content (AvgIpc) is 3.10. The summed E-state index contributed by atoms with van der Waals surface area (Å²) in [4.78, 5) is 21.0. The van der Waals surface area contributed by atoms with Crippen LogP contribution in [-0.2, 0) is 11.2 Å². The van der Waals surface area contributed by atoms with Gasteiger partial charge in [-0.05, 0) is 24.1 Å². The summed E-state index contributed by atoms with van der Waals surface area (Å²) in [5.74, 6) is 1.12. The third kappa shape index (κ3) is 4.92. The first-order valence-electron chi connectivity index (χ1n) is 8.75. The van der Waals surface area contributed by atoms with E-state index < -0.39 is 0 Å². The number of carbonyl (C=O) groups is 1.